The van der Waals surface area contributed by atoms with Crippen LogP contribution >= 0.6 is 11.8 Å². The third-order valence-corrected chi connectivity index (χ3v) is 6.96. The fourth-order valence-corrected chi connectivity index (χ4v) is 5.85. The molecule has 3 aliphatic rings. The Hall–Kier alpha value is -2.06. The van der Waals surface area contributed by atoms with E-state index in [9.17, 15) is 14.4 Å². The molecule has 7 nitrogen and oxygen atoms in total. The summed E-state index contributed by atoms with van der Waals surface area (Å²) in [5, 5.41) is 6.12. The molecular weight excluding hydrogens is 364 g/mol. The molecule has 0 bridgehead atoms. The number of benzene rings is 1. The summed E-state index contributed by atoms with van der Waals surface area (Å²) in [5.74, 6) is -0.307. The Bertz CT molecular complexity index is 753. The van der Waals surface area contributed by atoms with Crippen LogP contribution in [0.1, 0.15) is 24.8 Å². The van der Waals surface area contributed by atoms with Crippen molar-refractivity contribution in [1.29, 1.82) is 0 Å². The molecule has 3 saturated heterocycles. The minimum atomic E-state index is -1.03. The van der Waals surface area contributed by atoms with Crippen molar-refractivity contribution >= 4 is 29.5 Å². The van der Waals surface area contributed by atoms with E-state index < -0.39 is 17.5 Å². The summed E-state index contributed by atoms with van der Waals surface area (Å²) in [7, 11) is 0. The van der Waals surface area contributed by atoms with Gasteiger partial charge in [-0.25, -0.2) is 0 Å². The summed E-state index contributed by atoms with van der Waals surface area (Å²) >= 11 is 1.56. The molecule has 144 valence electrons. The van der Waals surface area contributed by atoms with Gasteiger partial charge in [0, 0.05) is 18.6 Å². The van der Waals surface area contributed by atoms with Gasteiger partial charge in [0.25, 0.3) is 0 Å². The van der Waals surface area contributed by atoms with Crippen LogP contribution < -0.4 is 16.4 Å². The van der Waals surface area contributed by atoms with Crippen molar-refractivity contribution in [2.45, 2.75) is 48.7 Å². The predicted octanol–water partition coefficient (Wildman–Crippen LogP) is -0.00480. The molecule has 3 amide bonds. The maximum absolute atomic E-state index is 13.4. The number of nitrogens with one attached hydrogen (secondary N) is 2. The summed E-state index contributed by atoms with van der Waals surface area (Å²) in [6.07, 6.45) is 2.61. The maximum atomic E-state index is 13.4. The van der Waals surface area contributed by atoms with Crippen molar-refractivity contribution in [2.24, 2.45) is 5.73 Å². The molecule has 0 radical (unpaired) electrons. The van der Waals surface area contributed by atoms with Gasteiger partial charge in [0.1, 0.15) is 11.6 Å². The molecule has 4 atom stereocenters. The number of hydrogen-bond acceptors (Lipinski definition) is 5. The van der Waals surface area contributed by atoms with Crippen molar-refractivity contribution < 1.29 is 14.4 Å². The molecule has 4 N–H and O–H groups in total. The molecule has 3 fully saturated rings. The molecule has 3 aliphatic heterocycles. The molecule has 1 unspecified atom stereocenters. The second-order valence-corrected chi connectivity index (χ2v) is 8.72. The van der Waals surface area contributed by atoms with Crippen LogP contribution in [0.3, 0.4) is 0 Å². The largest absolute Gasteiger partial charge is 0.368 e. The zero-order valence-electron chi connectivity index (χ0n) is 15.0. The van der Waals surface area contributed by atoms with Gasteiger partial charge >= 0.3 is 0 Å². The number of nitrogens with zero attached hydrogens (tertiary/aromatic N) is 1. The van der Waals surface area contributed by atoms with Gasteiger partial charge in [-0.3, -0.25) is 14.4 Å². The molecule has 0 aromatic heterocycles. The lowest BCUT2D eigenvalue weighted by atomic mass is 9.88. The summed E-state index contributed by atoms with van der Waals surface area (Å²) in [6.45, 7) is 0.812. The first-order chi connectivity index (χ1) is 13.0. The monoisotopic (exact) mass is 388 g/mol. The second kappa shape index (κ2) is 7.16. The maximum Gasteiger partial charge on any atom is 0.250 e. The average Bonchev–Trinajstić information content (AvgIpc) is 3.35. The molecule has 1 aromatic rings. The molecule has 3 heterocycles. The smallest absolute Gasteiger partial charge is 0.250 e. The lowest BCUT2D eigenvalue weighted by Crippen LogP contribution is -2.60. The Morgan fingerprint density at radius 1 is 1.33 bits per heavy atom. The molecule has 1 aromatic carbocycles. The molecule has 0 saturated carbocycles. The first-order valence-electron chi connectivity index (χ1n) is 9.33. The Morgan fingerprint density at radius 3 is 2.78 bits per heavy atom. The van der Waals surface area contributed by atoms with Crippen molar-refractivity contribution in [3.63, 3.8) is 0 Å². The van der Waals surface area contributed by atoms with E-state index in [-0.39, 0.29) is 23.2 Å². The molecular formula is C19H24N4O3S. The number of nitrogens with two attached hydrogens (primary N) is 1. The van der Waals surface area contributed by atoms with Gasteiger partial charge in [0.05, 0.1) is 11.4 Å². The fourth-order valence-electron chi connectivity index (χ4n) is 4.32. The van der Waals surface area contributed by atoms with E-state index in [1.54, 1.807) is 16.7 Å². The highest BCUT2D eigenvalue weighted by atomic mass is 32.2. The average molecular weight is 388 g/mol. The summed E-state index contributed by atoms with van der Waals surface area (Å²) in [4.78, 5) is 39.7. The zero-order valence-corrected chi connectivity index (χ0v) is 15.8. The number of fused-ring (bicyclic) bond motifs is 1. The van der Waals surface area contributed by atoms with Crippen molar-refractivity contribution in [3.05, 3.63) is 35.9 Å². The van der Waals surface area contributed by atoms with Crippen LogP contribution in [0.5, 0.6) is 0 Å². The lowest BCUT2D eigenvalue weighted by Gasteiger charge is -2.31. The van der Waals surface area contributed by atoms with Crippen LogP contribution in [0.25, 0.3) is 0 Å². The summed E-state index contributed by atoms with van der Waals surface area (Å²) < 4.78 is 0. The van der Waals surface area contributed by atoms with E-state index in [4.69, 9.17) is 5.73 Å². The Kier molecular flexibility index (Phi) is 4.86. The summed E-state index contributed by atoms with van der Waals surface area (Å²) in [5.41, 5.74) is 5.46. The van der Waals surface area contributed by atoms with Gasteiger partial charge in [-0.15, -0.1) is 11.8 Å². The van der Waals surface area contributed by atoms with Crippen molar-refractivity contribution in [1.82, 2.24) is 15.5 Å². The predicted molar refractivity (Wildman–Crippen MR) is 103 cm³/mol. The van der Waals surface area contributed by atoms with Gasteiger partial charge < -0.3 is 21.3 Å². The third kappa shape index (κ3) is 3.32. The molecule has 0 aliphatic carbocycles. The highest BCUT2D eigenvalue weighted by molar-refractivity contribution is 8.00. The Morgan fingerprint density at radius 2 is 2.11 bits per heavy atom. The van der Waals surface area contributed by atoms with Crippen LogP contribution in [0.15, 0.2) is 30.3 Å². The molecule has 8 heteroatoms. The first-order valence-corrected chi connectivity index (χ1v) is 10.4. The highest BCUT2D eigenvalue weighted by Crippen LogP contribution is 2.43. The Balaban J connectivity index is 1.63. The van der Waals surface area contributed by atoms with Crippen LogP contribution in [0.2, 0.25) is 0 Å². The number of hydrogen-bond donors (Lipinski definition) is 3. The summed E-state index contributed by atoms with van der Waals surface area (Å²) in [6, 6.07) is 8.81. The van der Waals surface area contributed by atoms with E-state index in [1.165, 1.54) is 0 Å². The zero-order chi connectivity index (χ0) is 19.0. The normalized spacial score (nSPS) is 32.5. The standard InChI is InChI=1S/C19H24N4O3S/c20-16(24)14-11-27-15-10-19(18(26)23(14)15,9-12-5-2-1-3-6-12)22-17(25)13-7-4-8-21-13/h1-3,5-6,13-15,21H,4,7-11H2,(H2,20,24)(H,22,25)/t13?,14-,15-,19-/m1/s1. The number of amides is 3. The number of thioether (sulfide) groups is 1. The van der Waals surface area contributed by atoms with Gasteiger partial charge in [-0.05, 0) is 24.9 Å². The van der Waals surface area contributed by atoms with Crippen LogP contribution in [-0.4, -0.2) is 57.9 Å². The van der Waals surface area contributed by atoms with E-state index in [0.29, 0.717) is 18.6 Å². The van der Waals surface area contributed by atoms with E-state index in [1.807, 2.05) is 30.3 Å². The minimum Gasteiger partial charge on any atom is -0.368 e. The molecule has 4 rings (SSSR count). The first kappa shape index (κ1) is 18.3. The third-order valence-electron chi connectivity index (χ3n) is 5.68. The highest BCUT2D eigenvalue weighted by Gasteiger charge is 2.58. The quantitative estimate of drug-likeness (QED) is 0.658. The second-order valence-electron chi connectivity index (χ2n) is 7.51. The minimum absolute atomic E-state index is 0.129. The number of primary amides is 1. The van der Waals surface area contributed by atoms with E-state index >= 15 is 0 Å². The van der Waals surface area contributed by atoms with Gasteiger partial charge in [-0.1, -0.05) is 30.3 Å². The van der Waals surface area contributed by atoms with E-state index in [2.05, 4.69) is 10.6 Å². The topological polar surface area (TPSA) is 105 Å². The van der Waals surface area contributed by atoms with Gasteiger partial charge in [0.15, 0.2) is 0 Å². The number of carbonyl (C=O) groups excluding carboxylic acids is 3. The van der Waals surface area contributed by atoms with Crippen molar-refractivity contribution in [3.8, 4) is 0 Å². The van der Waals surface area contributed by atoms with Crippen LogP contribution in [0.4, 0.5) is 0 Å². The van der Waals surface area contributed by atoms with Gasteiger partial charge in [-0.2, -0.15) is 0 Å². The van der Waals surface area contributed by atoms with Gasteiger partial charge in [0.2, 0.25) is 17.7 Å². The van der Waals surface area contributed by atoms with E-state index in [0.717, 1.165) is 24.9 Å². The molecule has 27 heavy (non-hydrogen) atoms. The van der Waals surface area contributed by atoms with Crippen molar-refractivity contribution in [2.75, 3.05) is 12.3 Å². The SMILES string of the molecule is NC(=O)[C@H]1CS[C@@H]2C[C@@](Cc3ccccc3)(NC(=O)C3CCCN3)C(=O)N12. The fraction of sp³-hybridized carbons (Fsp3) is 0.526. The molecule has 0 spiro atoms. The lowest BCUT2D eigenvalue weighted by molar-refractivity contribution is -0.141. The number of rotatable bonds is 5. The Labute approximate surface area is 162 Å². The van der Waals surface area contributed by atoms with Crippen LogP contribution in [0, 0.1) is 0 Å². The number of carbonyl (C=O) groups is 3. The van der Waals surface area contributed by atoms with Crippen LogP contribution in [-0.2, 0) is 20.8 Å².